The van der Waals surface area contributed by atoms with Crippen molar-refractivity contribution < 1.29 is 42.0 Å². The van der Waals surface area contributed by atoms with E-state index in [1.54, 1.807) is 6.92 Å². The molecule has 1 saturated heterocycles. The maximum absolute atomic E-state index is 12.1. The molecule has 0 aromatic heterocycles. The van der Waals surface area contributed by atoms with E-state index >= 15 is 0 Å². The van der Waals surface area contributed by atoms with E-state index < -0.39 is 11.9 Å². The highest BCUT2D eigenvalue weighted by Crippen LogP contribution is 2.27. The Hall–Kier alpha value is -3.78. The molecule has 0 spiro atoms. The number of halogens is 1. The van der Waals surface area contributed by atoms with E-state index in [-0.39, 0.29) is 51.7 Å². The average Bonchev–Trinajstić information content (AvgIpc) is 3.26. The van der Waals surface area contributed by atoms with Crippen LogP contribution in [0.1, 0.15) is 36.0 Å². The summed E-state index contributed by atoms with van der Waals surface area (Å²) >= 11 is 0. The second-order valence-corrected chi connectivity index (χ2v) is 8.53. The van der Waals surface area contributed by atoms with Crippen molar-refractivity contribution in [1.29, 1.82) is 10.8 Å². The maximum atomic E-state index is 12.1. The zero-order valence-corrected chi connectivity index (χ0v) is 22.3. The number of carboxylic acid groups (broad SMARTS) is 1. The number of carbonyl (C=O) groups is 1. The Bertz CT molecular complexity index is 1230. The number of nitrogen functional groups attached to an aromatic ring is 1. The van der Waals surface area contributed by atoms with Crippen LogP contribution in [0.5, 0.6) is 5.75 Å². The van der Waals surface area contributed by atoms with Crippen LogP contribution in [-0.2, 0) is 11.2 Å². The average molecular weight is 571 g/mol. The van der Waals surface area contributed by atoms with E-state index in [0.29, 0.717) is 30.1 Å². The lowest BCUT2D eigenvalue weighted by Crippen LogP contribution is -2.28. The minimum atomic E-state index is -0.880. The fourth-order valence-electron chi connectivity index (χ4n) is 4.27. The lowest BCUT2D eigenvalue weighted by atomic mass is 9.91. The van der Waals surface area contributed by atoms with Crippen molar-refractivity contribution in [2.75, 3.05) is 13.1 Å². The first-order valence-electron chi connectivity index (χ1n) is 11.0. The van der Waals surface area contributed by atoms with Crippen LogP contribution in [0.15, 0.2) is 60.7 Å². The molecule has 4 rings (SSSR count). The van der Waals surface area contributed by atoms with Gasteiger partial charge in [-0.1, -0.05) is 42.5 Å². The number of fused-ring (bicyclic) bond motifs is 1. The lowest BCUT2D eigenvalue weighted by Gasteiger charge is -2.18. The molecule has 1 heterocycles. The fraction of sp³-hybridized carbons (Fsp3) is 0.269. The molecule has 3 aromatic carbocycles. The molecule has 3 aromatic rings. The molecule has 15 N–H and O–H groups in total. The van der Waals surface area contributed by atoms with Gasteiger partial charge < -0.3 is 47.9 Å². The van der Waals surface area contributed by atoms with Crippen LogP contribution in [0.25, 0.3) is 10.8 Å². The minimum absolute atomic E-state index is 0. The van der Waals surface area contributed by atoms with Crippen LogP contribution >= 0.6 is 12.4 Å². The van der Waals surface area contributed by atoms with Crippen molar-refractivity contribution in [2.45, 2.75) is 31.8 Å². The molecule has 0 aliphatic carbocycles. The summed E-state index contributed by atoms with van der Waals surface area (Å²) in [4.78, 5) is 14.1. The highest BCUT2D eigenvalue weighted by atomic mass is 35.5. The molecule has 13 heteroatoms. The van der Waals surface area contributed by atoms with E-state index in [2.05, 4.69) is 0 Å². The number of amidine groups is 2. The molecule has 0 unspecified atom stereocenters. The third-order valence-corrected chi connectivity index (χ3v) is 6.16. The molecule has 0 amide bonds. The summed E-state index contributed by atoms with van der Waals surface area (Å²) < 4.78 is 6.03. The number of hydrogen-bond donors (Lipinski definition) is 4. The molecule has 1 fully saturated rings. The summed E-state index contributed by atoms with van der Waals surface area (Å²) in [5.41, 5.74) is 7.88. The van der Waals surface area contributed by atoms with Gasteiger partial charge >= 0.3 is 5.97 Å². The van der Waals surface area contributed by atoms with Crippen LogP contribution in [0, 0.1) is 10.8 Å². The Morgan fingerprint density at radius 2 is 1.62 bits per heavy atom. The predicted molar refractivity (Wildman–Crippen MR) is 155 cm³/mol. The number of likely N-dealkylation sites (tertiary alicyclic amines) is 1. The molecular weight excluding hydrogens is 532 g/mol. The number of hydrogen-bond acceptors (Lipinski definition) is 4. The third kappa shape index (κ3) is 9.48. The van der Waals surface area contributed by atoms with Gasteiger partial charge in [0.25, 0.3) is 0 Å². The number of ether oxygens (including phenoxy) is 1. The normalized spacial score (nSPS) is 14.0. The number of nitrogens with one attached hydrogen (secondary N) is 2. The molecule has 1 aliphatic heterocycles. The van der Waals surface area contributed by atoms with Crippen LogP contribution in [0.2, 0.25) is 0 Å². The highest BCUT2D eigenvalue weighted by Gasteiger charge is 2.25. The first-order chi connectivity index (χ1) is 15.8. The summed E-state index contributed by atoms with van der Waals surface area (Å²) in [5.74, 6) is -0.303. The van der Waals surface area contributed by atoms with Gasteiger partial charge in [0, 0.05) is 18.5 Å². The third-order valence-electron chi connectivity index (χ3n) is 6.16. The van der Waals surface area contributed by atoms with E-state index in [1.807, 2.05) is 65.6 Å². The largest absolute Gasteiger partial charge is 0.489 e. The van der Waals surface area contributed by atoms with Gasteiger partial charge in [-0.05, 0) is 53.4 Å². The Balaban J connectivity index is -0.00000216. The Morgan fingerprint density at radius 1 is 1.00 bits per heavy atom. The molecule has 1 aliphatic rings. The summed E-state index contributed by atoms with van der Waals surface area (Å²) in [5, 5.41) is 27.2. The van der Waals surface area contributed by atoms with Gasteiger partial charge in [0.1, 0.15) is 17.7 Å². The number of aliphatic carboxylic acids is 1. The van der Waals surface area contributed by atoms with Gasteiger partial charge in [0.05, 0.1) is 18.3 Å². The number of nitrogens with two attached hydrogens (primary N) is 1. The topological polar surface area (TPSA) is 281 Å². The Morgan fingerprint density at radius 3 is 2.15 bits per heavy atom. The maximum Gasteiger partial charge on any atom is 0.311 e. The SMILES string of the molecule is CC(=N)N1CC[C@H](Oc2ccc([C@H](Cc3ccc4ccc(C(=N)N)cc4c3)C(=O)O)cc2)C1.Cl.O.O.O.O.O. The van der Waals surface area contributed by atoms with Crippen molar-refractivity contribution in [1.82, 2.24) is 4.90 Å². The molecule has 12 nitrogen and oxygen atoms in total. The van der Waals surface area contributed by atoms with Crippen molar-refractivity contribution in [3.05, 3.63) is 77.4 Å². The molecule has 0 saturated carbocycles. The van der Waals surface area contributed by atoms with Crippen molar-refractivity contribution >= 4 is 40.8 Å². The minimum Gasteiger partial charge on any atom is -0.489 e. The van der Waals surface area contributed by atoms with Gasteiger partial charge in [-0.15, -0.1) is 12.4 Å². The van der Waals surface area contributed by atoms with E-state index in [1.165, 1.54) is 0 Å². The molecule has 0 bridgehead atoms. The molecule has 218 valence electrons. The summed E-state index contributed by atoms with van der Waals surface area (Å²) in [7, 11) is 0. The van der Waals surface area contributed by atoms with Gasteiger partial charge in [-0.25, -0.2) is 0 Å². The Kier molecular flexibility index (Phi) is 17.3. The zero-order chi connectivity index (χ0) is 23.5. The lowest BCUT2D eigenvalue weighted by molar-refractivity contribution is -0.138. The van der Waals surface area contributed by atoms with Gasteiger partial charge in [-0.2, -0.15) is 0 Å². The van der Waals surface area contributed by atoms with Crippen molar-refractivity contribution in [3.63, 3.8) is 0 Å². The standard InChI is InChI=1S/C26H28N4O3.ClH.5H2O/c1-16(27)30-11-10-23(15-30)33-22-8-6-19(7-9-22)24(26(31)32)13-17-2-3-18-4-5-20(25(28)29)14-21(18)12-17;;;;;;/h2-9,12,14,23-24,27H,10-11,13,15H2,1H3,(H3,28,29)(H,31,32);1H;5*1H2/t23-,24-;;;;;;/m0....../s1. The second kappa shape index (κ2) is 16.9. The fourth-order valence-corrected chi connectivity index (χ4v) is 4.27. The first-order valence-corrected chi connectivity index (χ1v) is 11.0. The number of nitrogens with zero attached hydrogens (tertiary/aromatic N) is 1. The monoisotopic (exact) mass is 570 g/mol. The smallest absolute Gasteiger partial charge is 0.311 e. The van der Waals surface area contributed by atoms with Crippen LogP contribution < -0.4 is 10.5 Å². The van der Waals surface area contributed by atoms with Crippen LogP contribution in [0.4, 0.5) is 0 Å². The van der Waals surface area contributed by atoms with Crippen LogP contribution in [-0.4, -0.2) is 74.2 Å². The molecule has 39 heavy (non-hydrogen) atoms. The molecule has 0 radical (unpaired) electrons. The number of rotatable bonds is 7. The van der Waals surface area contributed by atoms with Gasteiger partial charge in [-0.3, -0.25) is 15.6 Å². The number of carboxylic acids is 1. The highest BCUT2D eigenvalue weighted by molar-refractivity contribution is 5.99. The van der Waals surface area contributed by atoms with Crippen molar-refractivity contribution in [2.24, 2.45) is 5.73 Å². The van der Waals surface area contributed by atoms with E-state index in [0.717, 1.165) is 34.9 Å². The van der Waals surface area contributed by atoms with Crippen molar-refractivity contribution in [3.8, 4) is 5.75 Å². The predicted octanol–water partition coefficient (Wildman–Crippen LogP) is 0.283. The quantitative estimate of drug-likeness (QED) is 0.229. The van der Waals surface area contributed by atoms with E-state index in [9.17, 15) is 9.90 Å². The molecule has 2 atom stereocenters. The summed E-state index contributed by atoms with van der Waals surface area (Å²) in [6.45, 7) is 3.29. The van der Waals surface area contributed by atoms with Crippen LogP contribution in [0.3, 0.4) is 0 Å². The van der Waals surface area contributed by atoms with Gasteiger partial charge in [0.2, 0.25) is 0 Å². The van der Waals surface area contributed by atoms with Gasteiger partial charge in [0.15, 0.2) is 0 Å². The molecular formula is C26H39ClN4O8. The summed E-state index contributed by atoms with van der Waals surface area (Å²) in [6, 6.07) is 18.7. The Labute approximate surface area is 232 Å². The zero-order valence-electron chi connectivity index (χ0n) is 21.5. The van der Waals surface area contributed by atoms with E-state index in [4.69, 9.17) is 21.3 Å². The number of benzene rings is 3. The second-order valence-electron chi connectivity index (χ2n) is 8.53. The summed E-state index contributed by atoms with van der Waals surface area (Å²) in [6.07, 6.45) is 1.25. The first kappa shape index (κ1) is 39.7.